The number of carbonyl (C=O) groups excluding carboxylic acids is 2. The molecule has 0 fully saturated rings. The lowest BCUT2D eigenvalue weighted by Crippen LogP contribution is -2.54. The van der Waals surface area contributed by atoms with Gasteiger partial charge in [0.05, 0.1) is 11.5 Å². The first-order valence-corrected chi connectivity index (χ1v) is 11.5. The van der Waals surface area contributed by atoms with Gasteiger partial charge >= 0.3 is 0 Å². The van der Waals surface area contributed by atoms with Crippen molar-refractivity contribution >= 4 is 46.2 Å². The lowest BCUT2D eigenvalue weighted by atomic mass is 9.57. The maximum absolute atomic E-state index is 14.0. The Morgan fingerprint density at radius 1 is 1.00 bits per heavy atom. The van der Waals surface area contributed by atoms with Crippen LogP contribution in [0.5, 0.6) is 5.75 Å². The molecule has 3 aromatic rings. The number of ketones is 1. The molecule has 5 rings (SSSR count). The minimum Gasteiger partial charge on any atom is -0.493 e. The van der Waals surface area contributed by atoms with Gasteiger partial charge < -0.3 is 10.1 Å². The van der Waals surface area contributed by atoms with Gasteiger partial charge in [0.1, 0.15) is 11.2 Å². The average molecular weight is 478 g/mol. The number of hydrogen-bond acceptors (Lipinski definition) is 3. The number of benzene rings is 3. The number of para-hydroxylation sites is 2. The topological polar surface area (TPSA) is 55.4 Å². The van der Waals surface area contributed by atoms with Crippen LogP contribution in [0.15, 0.2) is 78.9 Å². The molecule has 0 bridgehead atoms. The SMILES string of the molecule is CCOc1ccccc1C1=CC(=O)C[C@](Cl)(c2cccc(Cl)c2)[C@@]12C(=O)Nc1ccccc12. The maximum atomic E-state index is 14.0. The van der Waals surface area contributed by atoms with Crippen molar-refractivity contribution < 1.29 is 14.3 Å². The van der Waals surface area contributed by atoms with E-state index in [1.807, 2.05) is 61.5 Å². The summed E-state index contributed by atoms with van der Waals surface area (Å²) in [5, 5.41) is 3.49. The summed E-state index contributed by atoms with van der Waals surface area (Å²) >= 11 is 13.8. The number of amides is 1. The predicted octanol–water partition coefficient (Wildman–Crippen LogP) is 6.12. The van der Waals surface area contributed by atoms with Gasteiger partial charge in [-0.1, -0.05) is 60.1 Å². The van der Waals surface area contributed by atoms with Crippen molar-refractivity contribution in [1.82, 2.24) is 0 Å². The molecule has 3 aromatic carbocycles. The number of halogens is 2. The van der Waals surface area contributed by atoms with Gasteiger partial charge in [0.2, 0.25) is 5.91 Å². The minimum atomic E-state index is -1.41. The number of anilines is 1. The molecule has 1 aliphatic carbocycles. The fourth-order valence-electron chi connectivity index (χ4n) is 5.13. The molecule has 1 heterocycles. The Morgan fingerprint density at radius 2 is 1.76 bits per heavy atom. The van der Waals surface area contributed by atoms with E-state index in [9.17, 15) is 9.59 Å². The van der Waals surface area contributed by atoms with Crippen LogP contribution >= 0.6 is 23.2 Å². The highest BCUT2D eigenvalue weighted by atomic mass is 35.5. The molecule has 1 N–H and O–H groups in total. The van der Waals surface area contributed by atoms with Crippen molar-refractivity contribution in [2.24, 2.45) is 0 Å². The summed E-state index contributed by atoms with van der Waals surface area (Å²) in [6, 6.07) is 22.0. The Hall–Kier alpha value is -3.08. The Kier molecular flexibility index (Phi) is 5.31. The first-order chi connectivity index (χ1) is 15.9. The largest absolute Gasteiger partial charge is 0.493 e. The van der Waals surface area contributed by atoms with Crippen LogP contribution in [0.2, 0.25) is 5.02 Å². The number of alkyl halides is 1. The summed E-state index contributed by atoms with van der Waals surface area (Å²) in [5.74, 6) is 0.125. The van der Waals surface area contributed by atoms with E-state index in [0.29, 0.717) is 39.8 Å². The third-order valence-electron chi connectivity index (χ3n) is 6.40. The van der Waals surface area contributed by atoms with Crippen LogP contribution in [0.3, 0.4) is 0 Å². The summed E-state index contributed by atoms with van der Waals surface area (Å²) in [6.07, 6.45) is 1.49. The molecule has 4 nitrogen and oxygen atoms in total. The van der Waals surface area contributed by atoms with Crippen molar-refractivity contribution in [2.75, 3.05) is 11.9 Å². The molecule has 0 radical (unpaired) electrons. The minimum absolute atomic E-state index is 0.0586. The van der Waals surface area contributed by atoms with Gasteiger partial charge in [-0.25, -0.2) is 0 Å². The number of fused-ring (bicyclic) bond motifs is 2. The maximum Gasteiger partial charge on any atom is 0.241 e. The second-order valence-corrected chi connectivity index (χ2v) is 9.27. The quantitative estimate of drug-likeness (QED) is 0.460. The van der Waals surface area contributed by atoms with Crippen LogP contribution in [0.4, 0.5) is 5.69 Å². The average Bonchev–Trinajstić information content (AvgIpc) is 3.10. The highest BCUT2D eigenvalue weighted by molar-refractivity contribution is 6.36. The van der Waals surface area contributed by atoms with E-state index < -0.39 is 10.3 Å². The van der Waals surface area contributed by atoms with E-state index in [1.165, 1.54) is 0 Å². The Balaban J connectivity index is 1.89. The Morgan fingerprint density at radius 3 is 2.55 bits per heavy atom. The lowest BCUT2D eigenvalue weighted by molar-refractivity contribution is -0.121. The second kappa shape index (κ2) is 8.05. The molecule has 6 heteroatoms. The van der Waals surface area contributed by atoms with Crippen molar-refractivity contribution in [2.45, 2.75) is 23.6 Å². The van der Waals surface area contributed by atoms with Crippen LogP contribution < -0.4 is 10.1 Å². The molecular weight excluding hydrogens is 457 g/mol. The Bertz CT molecular complexity index is 1320. The van der Waals surface area contributed by atoms with E-state index in [4.69, 9.17) is 27.9 Å². The summed E-state index contributed by atoms with van der Waals surface area (Å²) in [6.45, 7) is 2.33. The lowest BCUT2D eigenvalue weighted by Gasteiger charge is -2.47. The highest BCUT2D eigenvalue weighted by Gasteiger charge is 2.65. The molecule has 1 spiro atoms. The Labute approximate surface area is 202 Å². The van der Waals surface area contributed by atoms with Crippen LogP contribution in [-0.4, -0.2) is 18.3 Å². The number of rotatable bonds is 4. The van der Waals surface area contributed by atoms with Crippen LogP contribution in [0, 0.1) is 0 Å². The molecule has 0 saturated carbocycles. The van der Waals surface area contributed by atoms with Crippen LogP contribution in [0.25, 0.3) is 5.57 Å². The van der Waals surface area contributed by atoms with Gasteiger partial charge in [-0.3, -0.25) is 9.59 Å². The smallest absolute Gasteiger partial charge is 0.241 e. The van der Waals surface area contributed by atoms with E-state index in [-0.39, 0.29) is 18.1 Å². The monoisotopic (exact) mass is 477 g/mol. The van der Waals surface area contributed by atoms with Crippen molar-refractivity contribution in [3.63, 3.8) is 0 Å². The van der Waals surface area contributed by atoms with Gasteiger partial charge in [-0.05, 0) is 54.0 Å². The number of carbonyl (C=O) groups is 2. The van der Waals surface area contributed by atoms with Crippen LogP contribution in [0.1, 0.15) is 30.0 Å². The predicted molar refractivity (Wildman–Crippen MR) is 131 cm³/mol. The first-order valence-electron chi connectivity index (χ1n) is 10.7. The molecule has 33 heavy (non-hydrogen) atoms. The summed E-state index contributed by atoms with van der Waals surface area (Å²) < 4.78 is 5.90. The van der Waals surface area contributed by atoms with Crippen molar-refractivity contribution in [1.29, 1.82) is 0 Å². The van der Waals surface area contributed by atoms with E-state index in [0.717, 1.165) is 5.56 Å². The number of nitrogens with one attached hydrogen (secondary N) is 1. The second-order valence-electron chi connectivity index (χ2n) is 8.19. The molecular formula is C27H21Cl2NO3. The summed E-state index contributed by atoms with van der Waals surface area (Å²) in [4.78, 5) is 25.8. The number of hydrogen-bond donors (Lipinski definition) is 1. The molecule has 1 amide bonds. The van der Waals surface area contributed by atoms with Gasteiger partial charge in [-0.15, -0.1) is 11.6 Å². The zero-order valence-corrected chi connectivity index (χ0v) is 19.4. The zero-order chi connectivity index (χ0) is 23.2. The summed E-state index contributed by atoms with van der Waals surface area (Å²) in [5.41, 5.74) is 1.79. The number of allylic oxidation sites excluding steroid dienone is 1. The van der Waals surface area contributed by atoms with Gasteiger partial charge in [-0.2, -0.15) is 0 Å². The first kappa shape index (κ1) is 21.7. The van der Waals surface area contributed by atoms with E-state index in [2.05, 4.69) is 5.32 Å². The fraction of sp³-hybridized carbons (Fsp3) is 0.185. The molecule has 0 saturated heterocycles. The molecule has 2 atom stereocenters. The van der Waals surface area contributed by atoms with Gasteiger partial charge in [0, 0.05) is 22.7 Å². The molecule has 166 valence electrons. The van der Waals surface area contributed by atoms with Gasteiger partial charge in [0.15, 0.2) is 5.78 Å². The zero-order valence-electron chi connectivity index (χ0n) is 17.9. The fourth-order valence-corrected chi connectivity index (χ4v) is 5.86. The molecule has 0 unspecified atom stereocenters. The van der Waals surface area contributed by atoms with Crippen molar-refractivity contribution in [3.05, 3.63) is 101 Å². The van der Waals surface area contributed by atoms with E-state index in [1.54, 1.807) is 24.3 Å². The number of ether oxygens (including phenoxy) is 1. The summed E-state index contributed by atoms with van der Waals surface area (Å²) in [7, 11) is 0. The van der Waals surface area contributed by atoms with Crippen LogP contribution in [-0.2, 0) is 19.9 Å². The standard InChI is InChI=1S/C27H21Cl2NO3/c1-2-33-24-13-6-3-10-20(24)22-15-19(31)16-26(29,17-8-7-9-18(28)14-17)27(22)21-11-4-5-12-23(21)30-25(27)32/h3-15H,2,16H2,1H3,(H,30,32)/t26-,27+/m0/s1. The highest BCUT2D eigenvalue weighted by Crippen LogP contribution is 2.63. The normalized spacial score (nSPS) is 23.8. The van der Waals surface area contributed by atoms with Crippen molar-refractivity contribution in [3.8, 4) is 5.75 Å². The molecule has 2 aliphatic rings. The van der Waals surface area contributed by atoms with E-state index >= 15 is 0 Å². The third-order valence-corrected chi connectivity index (χ3v) is 7.27. The molecule has 1 aliphatic heterocycles. The molecule has 0 aromatic heterocycles. The van der Waals surface area contributed by atoms with Gasteiger partial charge in [0.25, 0.3) is 0 Å². The third kappa shape index (κ3) is 3.12.